The molecular weight excluding hydrogens is 222 g/mol. The number of rotatable bonds is 7. The first kappa shape index (κ1) is 14.3. The predicted molar refractivity (Wildman–Crippen MR) is 55.4 cm³/mol. The van der Waals surface area contributed by atoms with Crippen molar-refractivity contribution in [2.45, 2.75) is 19.9 Å². The number of hydrogen-bond donors (Lipinski definition) is 4. The van der Waals surface area contributed by atoms with Crippen molar-refractivity contribution in [3.8, 4) is 0 Å². The molecule has 0 fully saturated rings. The van der Waals surface area contributed by atoms with Crippen LogP contribution in [0.5, 0.6) is 0 Å². The van der Waals surface area contributed by atoms with Gasteiger partial charge in [-0.3, -0.25) is 4.79 Å². The van der Waals surface area contributed by atoms with Crippen molar-refractivity contribution < 1.29 is 18.3 Å². The lowest BCUT2D eigenvalue weighted by molar-refractivity contribution is -0.138. The van der Waals surface area contributed by atoms with Crippen molar-refractivity contribution >= 4 is 16.2 Å². The molecule has 0 amide bonds. The second-order valence-corrected chi connectivity index (χ2v) is 5.12. The Kier molecular flexibility index (Phi) is 5.73. The summed E-state index contributed by atoms with van der Waals surface area (Å²) >= 11 is 0. The highest BCUT2D eigenvalue weighted by molar-refractivity contribution is 7.87. The highest BCUT2D eigenvalue weighted by Crippen LogP contribution is 1.89. The molecule has 0 saturated heterocycles. The van der Waals surface area contributed by atoms with Crippen LogP contribution in [0.4, 0.5) is 0 Å². The highest BCUT2D eigenvalue weighted by atomic mass is 32.2. The van der Waals surface area contributed by atoms with E-state index in [1.807, 2.05) is 13.8 Å². The Morgan fingerprint density at radius 3 is 2.20 bits per heavy atom. The summed E-state index contributed by atoms with van der Waals surface area (Å²) in [5.41, 5.74) is 5.13. The standard InChI is InChI=1S/C7H17N3O4S/c1-5(2)3-9-15(13,14)10-4-6(8)7(11)12/h5-6,9-10H,3-4,8H2,1-2H3,(H,11,12). The average Bonchev–Trinajstić information content (AvgIpc) is 2.11. The predicted octanol–water partition coefficient (Wildman–Crippen LogP) is -1.52. The minimum atomic E-state index is -3.65. The topological polar surface area (TPSA) is 122 Å². The van der Waals surface area contributed by atoms with Crippen molar-refractivity contribution in [3.63, 3.8) is 0 Å². The van der Waals surface area contributed by atoms with E-state index in [1.54, 1.807) is 0 Å². The zero-order valence-corrected chi connectivity index (χ0v) is 9.54. The molecule has 1 unspecified atom stereocenters. The molecule has 0 radical (unpaired) electrons. The summed E-state index contributed by atoms with van der Waals surface area (Å²) in [6.45, 7) is 3.66. The normalized spacial score (nSPS) is 14.1. The number of carbonyl (C=O) groups is 1. The van der Waals surface area contributed by atoms with Crippen LogP contribution in [0, 0.1) is 5.92 Å². The van der Waals surface area contributed by atoms with Crippen LogP contribution in [0.25, 0.3) is 0 Å². The van der Waals surface area contributed by atoms with E-state index in [0.717, 1.165) is 0 Å². The number of carboxylic acid groups (broad SMARTS) is 1. The molecule has 0 saturated carbocycles. The molecule has 8 heteroatoms. The number of aliphatic carboxylic acids is 1. The third kappa shape index (κ3) is 7.25. The molecule has 0 heterocycles. The summed E-state index contributed by atoms with van der Waals surface area (Å²) in [5.74, 6) is -1.07. The van der Waals surface area contributed by atoms with Crippen molar-refractivity contribution in [2.24, 2.45) is 11.7 Å². The Bertz CT molecular complexity index is 301. The lowest BCUT2D eigenvalue weighted by atomic mass is 10.2. The molecular formula is C7H17N3O4S. The van der Waals surface area contributed by atoms with Crippen LogP contribution in [-0.4, -0.2) is 38.6 Å². The third-order valence-corrected chi connectivity index (χ3v) is 2.59. The summed E-state index contributed by atoms with van der Waals surface area (Å²) in [5, 5.41) is 8.42. The fourth-order valence-corrected chi connectivity index (χ4v) is 1.67. The van der Waals surface area contributed by atoms with Crippen LogP contribution in [0.15, 0.2) is 0 Å². The maximum absolute atomic E-state index is 11.2. The molecule has 0 aromatic heterocycles. The van der Waals surface area contributed by atoms with Crippen LogP contribution < -0.4 is 15.2 Å². The second-order valence-electron chi connectivity index (χ2n) is 3.54. The molecule has 1 atom stereocenters. The van der Waals surface area contributed by atoms with Gasteiger partial charge < -0.3 is 10.8 Å². The first-order chi connectivity index (χ1) is 6.74. The zero-order valence-electron chi connectivity index (χ0n) is 8.73. The molecule has 5 N–H and O–H groups in total. The molecule has 0 bridgehead atoms. The van der Waals surface area contributed by atoms with Crippen LogP contribution in [0.1, 0.15) is 13.8 Å². The van der Waals surface area contributed by atoms with Crippen molar-refractivity contribution in [2.75, 3.05) is 13.1 Å². The van der Waals surface area contributed by atoms with Gasteiger partial charge in [0.25, 0.3) is 10.2 Å². The maximum Gasteiger partial charge on any atom is 0.321 e. The molecule has 15 heavy (non-hydrogen) atoms. The van der Waals surface area contributed by atoms with E-state index < -0.39 is 22.2 Å². The Morgan fingerprint density at radius 1 is 1.33 bits per heavy atom. The third-order valence-electron chi connectivity index (χ3n) is 1.49. The van der Waals surface area contributed by atoms with E-state index in [9.17, 15) is 13.2 Å². The van der Waals surface area contributed by atoms with E-state index in [2.05, 4.69) is 9.44 Å². The summed E-state index contributed by atoms with van der Waals surface area (Å²) in [6.07, 6.45) is 0. The molecule has 90 valence electrons. The summed E-state index contributed by atoms with van der Waals surface area (Å²) in [4.78, 5) is 10.3. The first-order valence-electron chi connectivity index (χ1n) is 4.47. The Labute approximate surface area is 89.2 Å². The number of nitrogens with two attached hydrogens (primary N) is 1. The van der Waals surface area contributed by atoms with Gasteiger partial charge in [-0.25, -0.2) is 9.44 Å². The van der Waals surface area contributed by atoms with E-state index >= 15 is 0 Å². The van der Waals surface area contributed by atoms with E-state index in [4.69, 9.17) is 10.8 Å². The smallest absolute Gasteiger partial charge is 0.321 e. The van der Waals surface area contributed by atoms with Gasteiger partial charge in [0.2, 0.25) is 0 Å². The largest absolute Gasteiger partial charge is 0.480 e. The highest BCUT2D eigenvalue weighted by Gasteiger charge is 2.16. The van der Waals surface area contributed by atoms with E-state index in [-0.39, 0.29) is 19.0 Å². The lowest BCUT2D eigenvalue weighted by Crippen LogP contribution is -2.46. The molecule has 0 aliphatic rings. The first-order valence-corrected chi connectivity index (χ1v) is 5.95. The molecule has 0 aromatic rings. The summed E-state index contributed by atoms with van der Waals surface area (Å²) in [6, 6.07) is -1.24. The molecule has 0 aliphatic carbocycles. The van der Waals surface area contributed by atoms with Gasteiger partial charge in [-0.15, -0.1) is 0 Å². The quantitative estimate of drug-likeness (QED) is 0.430. The van der Waals surface area contributed by atoms with Crippen molar-refractivity contribution in [1.29, 1.82) is 0 Å². The molecule has 0 aliphatic heterocycles. The van der Waals surface area contributed by atoms with E-state index in [1.165, 1.54) is 0 Å². The van der Waals surface area contributed by atoms with Crippen LogP contribution in [0.3, 0.4) is 0 Å². The monoisotopic (exact) mass is 239 g/mol. The molecule has 0 rings (SSSR count). The van der Waals surface area contributed by atoms with Crippen molar-refractivity contribution in [3.05, 3.63) is 0 Å². The summed E-state index contributed by atoms with van der Waals surface area (Å²) in [7, 11) is -3.65. The maximum atomic E-state index is 11.2. The Balaban J connectivity index is 4.00. The van der Waals surface area contributed by atoms with Gasteiger partial charge >= 0.3 is 5.97 Å². The number of nitrogens with one attached hydrogen (secondary N) is 2. The summed E-state index contributed by atoms with van der Waals surface area (Å²) < 4.78 is 26.7. The Hall–Kier alpha value is -0.700. The minimum Gasteiger partial charge on any atom is -0.480 e. The fraction of sp³-hybridized carbons (Fsp3) is 0.857. The van der Waals surface area contributed by atoms with Gasteiger partial charge in [0, 0.05) is 13.1 Å². The van der Waals surface area contributed by atoms with Crippen molar-refractivity contribution in [1.82, 2.24) is 9.44 Å². The van der Waals surface area contributed by atoms with Gasteiger partial charge in [0.05, 0.1) is 0 Å². The number of hydrogen-bond acceptors (Lipinski definition) is 4. The molecule has 0 aromatic carbocycles. The van der Waals surface area contributed by atoms with Gasteiger partial charge in [-0.1, -0.05) is 13.8 Å². The van der Waals surface area contributed by atoms with Gasteiger partial charge in [-0.05, 0) is 5.92 Å². The van der Waals surface area contributed by atoms with Crippen LogP contribution in [0.2, 0.25) is 0 Å². The molecule has 0 spiro atoms. The van der Waals surface area contributed by atoms with E-state index in [0.29, 0.717) is 0 Å². The minimum absolute atomic E-state index is 0.176. The van der Waals surface area contributed by atoms with Gasteiger partial charge in [0.15, 0.2) is 0 Å². The van der Waals surface area contributed by atoms with Gasteiger partial charge in [0.1, 0.15) is 6.04 Å². The number of carboxylic acids is 1. The second kappa shape index (κ2) is 6.01. The SMILES string of the molecule is CC(C)CNS(=O)(=O)NCC(N)C(=O)O. The molecule has 7 nitrogen and oxygen atoms in total. The zero-order chi connectivity index (χ0) is 12.1. The average molecular weight is 239 g/mol. The van der Waals surface area contributed by atoms with Crippen LogP contribution in [-0.2, 0) is 15.0 Å². The lowest BCUT2D eigenvalue weighted by Gasteiger charge is -2.11. The fourth-order valence-electron chi connectivity index (χ4n) is 0.614. The Morgan fingerprint density at radius 2 is 1.80 bits per heavy atom. The van der Waals surface area contributed by atoms with Gasteiger partial charge in [-0.2, -0.15) is 8.42 Å². The van der Waals surface area contributed by atoms with Crippen LogP contribution >= 0.6 is 0 Å².